The van der Waals surface area contributed by atoms with E-state index in [0.717, 1.165) is 5.75 Å². The minimum Gasteiger partial charge on any atom is -0.491 e. The van der Waals surface area contributed by atoms with Gasteiger partial charge in [-0.1, -0.05) is 35.5 Å². The molecule has 2 aromatic carbocycles. The average molecular weight is 434 g/mol. The van der Waals surface area contributed by atoms with Gasteiger partial charge in [0, 0.05) is 17.8 Å². The first-order chi connectivity index (χ1) is 14.1. The van der Waals surface area contributed by atoms with Gasteiger partial charge in [-0.15, -0.1) is 10.2 Å². The maximum atomic E-state index is 10.2. The van der Waals surface area contributed by atoms with Gasteiger partial charge >= 0.3 is 0 Å². The summed E-state index contributed by atoms with van der Waals surface area (Å²) in [6.45, 7) is 0.543. The van der Waals surface area contributed by atoms with Crippen molar-refractivity contribution in [1.29, 1.82) is 0 Å². The van der Waals surface area contributed by atoms with Crippen LogP contribution in [0.5, 0.6) is 17.2 Å². The molecule has 2 heterocycles. The highest BCUT2D eigenvalue weighted by atomic mass is 35.5. The molecule has 29 heavy (non-hydrogen) atoms. The van der Waals surface area contributed by atoms with E-state index in [1.807, 2.05) is 35.9 Å². The summed E-state index contributed by atoms with van der Waals surface area (Å²) < 4.78 is 19.2. The Kier molecular flexibility index (Phi) is 6.13. The van der Waals surface area contributed by atoms with Crippen molar-refractivity contribution in [3.05, 3.63) is 59.4 Å². The molecule has 152 valence electrons. The van der Waals surface area contributed by atoms with Crippen molar-refractivity contribution in [1.82, 2.24) is 14.8 Å². The molecule has 0 saturated carbocycles. The van der Waals surface area contributed by atoms with Crippen LogP contribution in [0.2, 0.25) is 5.02 Å². The lowest BCUT2D eigenvalue weighted by Crippen LogP contribution is -2.24. The van der Waals surface area contributed by atoms with Crippen LogP contribution in [0.4, 0.5) is 0 Å². The van der Waals surface area contributed by atoms with E-state index >= 15 is 0 Å². The molecule has 0 fully saturated rings. The van der Waals surface area contributed by atoms with Crippen LogP contribution in [0.1, 0.15) is 11.9 Å². The molecule has 4 rings (SSSR count). The lowest BCUT2D eigenvalue weighted by atomic mass is 10.2. The van der Waals surface area contributed by atoms with E-state index in [4.69, 9.17) is 25.8 Å². The van der Waals surface area contributed by atoms with E-state index in [9.17, 15) is 5.11 Å². The van der Waals surface area contributed by atoms with Crippen LogP contribution in [-0.2, 0) is 7.05 Å². The average Bonchev–Trinajstić information content (AvgIpc) is 3.12. The van der Waals surface area contributed by atoms with Crippen LogP contribution >= 0.6 is 23.4 Å². The SMILES string of the molecule is Cn1c(SC[C@@H](O)COc2ccc(Cl)cc2)nnc1[C@H]1COc2ccccc2O1. The topological polar surface area (TPSA) is 78.6 Å². The maximum Gasteiger partial charge on any atom is 0.192 e. The molecule has 1 aromatic heterocycles. The number of benzene rings is 2. The van der Waals surface area contributed by atoms with Gasteiger partial charge in [0.2, 0.25) is 0 Å². The Morgan fingerprint density at radius 2 is 1.97 bits per heavy atom. The van der Waals surface area contributed by atoms with E-state index in [0.29, 0.717) is 39.9 Å². The van der Waals surface area contributed by atoms with Crippen molar-refractivity contribution >= 4 is 23.4 Å². The summed E-state index contributed by atoms with van der Waals surface area (Å²) in [4.78, 5) is 0. The van der Waals surface area contributed by atoms with E-state index < -0.39 is 6.10 Å². The first-order valence-corrected chi connectivity index (χ1v) is 10.4. The Morgan fingerprint density at radius 1 is 1.21 bits per heavy atom. The monoisotopic (exact) mass is 433 g/mol. The highest BCUT2D eigenvalue weighted by Gasteiger charge is 2.27. The van der Waals surface area contributed by atoms with Gasteiger partial charge in [-0.2, -0.15) is 0 Å². The predicted molar refractivity (Wildman–Crippen MR) is 110 cm³/mol. The quantitative estimate of drug-likeness (QED) is 0.571. The number of hydrogen-bond donors (Lipinski definition) is 1. The molecule has 1 aliphatic heterocycles. The molecule has 3 aromatic rings. The highest BCUT2D eigenvalue weighted by Crippen LogP contribution is 2.35. The molecule has 7 nitrogen and oxygen atoms in total. The van der Waals surface area contributed by atoms with Crippen molar-refractivity contribution in [2.24, 2.45) is 7.05 Å². The molecule has 1 aliphatic rings. The zero-order valence-corrected chi connectivity index (χ0v) is 17.3. The van der Waals surface area contributed by atoms with Crippen LogP contribution in [0.3, 0.4) is 0 Å². The van der Waals surface area contributed by atoms with Gasteiger partial charge in [-0.25, -0.2) is 0 Å². The standard InChI is InChI=1S/C20H20ClN3O4S/c1-24-19(18-11-27-16-4-2-3-5-17(16)28-18)22-23-20(24)29-12-14(25)10-26-15-8-6-13(21)7-9-15/h2-9,14,18,25H,10-12H2,1H3/t14-,18+/m0/s1. The van der Waals surface area contributed by atoms with Crippen molar-refractivity contribution in [2.75, 3.05) is 19.0 Å². The number of halogens is 1. The third-order valence-electron chi connectivity index (χ3n) is 4.33. The largest absolute Gasteiger partial charge is 0.491 e. The van der Waals surface area contributed by atoms with E-state index in [1.54, 1.807) is 24.3 Å². The predicted octanol–water partition coefficient (Wildman–Crippen LogP) is 3.51. The van der Waals surface area contributed by atoms with Gasteiger partial charge < -0.3 is 23.9 Å². The van der Waals surface area contributed by atoms with E-state index in [1.165, 1.54) is 11.8 Å². The number of ether oxygens (including phenoxy) is 3. The minimum absolute atomic E-state index is 0.176. The zero-order valence-electron chi connectivity index (χ0n) is 15.7. The molecule has 0 bridgehead atoms. The van der Waals surface area contributed by atoms with Gasteiger partial charge in [-0.3, -0.25) is 0 Å². The first-order valence-electron chi connectivity index (χ1n) is 9.07. The third-order valence-corrected chi connectivity index (χ3v) is 5.74. The van der Waals surface area contributed by atoms with Gasteiger partial charge in [-0.05, 0) is 36.4 Å². The van der Waals surface area contributed by atoms with Crippen LogP contribution in [0.15, 0.2) is 53.7 Å². The maximum absolute atomic E-state index is 10.2. The lowest BCUT2D eigenvalue weighted by molar-refractivity contribution is 0.0825. The van der Waals surface area contributed by atoms with Gasteiger partial charge in [0.05, 0.1) is 6.10 Å². The second-order valence-electron chi connectivity index (χ2n) is 6.49. The molecule has 2 atom stereocenters. The normalized spacial score (nSPS) is 16.4. The molecular weight excluding hydrogens is 414 g/mol. The third kappa shape index (κ3) is 4.77. The highest BCUT2D eigenvalue weighted by molar-refractivity contribution is 7.99. The second-order valence-corrected chi connectivity index (χ2v) is 7.92. The van der Waals surface area contributed by atoms with Crippen LogP contribution in [-0.4, -0.2) is 44.9 Å². The summed E-state index contributed by atoms with van der Waals surface area (Å²) in [5.41, 5.74) is 0. The molecule has 1 N–H and O–H groups in total. The fourth-order valence-corrected chi connectivity index (χ4v) is 3.77. The summed E-state index contributed by atoms with van der Waals surface area (Å²) in [5, 5.41) is 20.0. The summed E-state index contributed by atoms with van der Waals surface area (Å²) in [6, 6.07) is 14.6. The van der Waals surface area contributed by atoms with Crippen molar-refractivity contribution in [3.63, 3.8) is 0 Å². The molecule has 0 saturated heterocycles. The first kappa shape index (κ1) is 19.9. The van der Waals surface area contributed by atoms with E-state index in [-0.39, 0.29) is 12.7 Å². The van der Waals surface area contributed by atoms with Gasteiger partial charge in [0.25, 0.3) is 0 Å². The molecule has 0 amide bonds. The Labute approximate surface area is 177 Å². The van der Waals surface area contributed by atoms with Crippen LogP contribution in [0.25, 0.3) is 0 Å². The Balaban J connectivity index is 1.31. The number of rotatable bonds is 7. The molecule has 0 spiro atoms. The number of aromatic nitrogens is 3. The number of hydrogen-bond acceptors (Lipinski definition) is 7. The summed E-state index contributed by atoms with van der Waals surface area (Å²) >= 11 is 7.25. The number of aliphatic hydroxyl groups is 1. The number of para-hydroxylation sites is 2. The number of nitrogens with zero attached hydrogens (tertiary/aromatic N) is 3. The van der Waals surface area contributed by atoms with Crippen LogP contribution < -0.4 is 14.2 Å². The molecule has 0 radical (unpaired) electrons. The van der Waals surface area contributed by atoms with Crippen LogP contribution in [0, 0.1) is 0 Å². The second kappa shape index (κ2) is 8.94. The lowest BCUT2D eigenvalue weighted by Gasteiger charge is -2.25. The Hall–Kier alpha value is -2.42. The number of fused-ring (bicyclic) bond motifs is 1. The Morgan fingerprint density at radius 3 is 2.76 bits per heavy atom. The van der Waals surface area contributed by atoms with Gasteiger partial charge in [0.15, 0.2) is 28.6 Å². The van der Waals surface area contributed by atoms with Crippen molar-refractivity contribution < 1.29 is 19.3 Å². The summed E-state index contributed by atoms with van der Waals surface area (Å²) in [7, 11) is 1.87. The molecule has 0 aliphatic carbocycles. The smallest absolute Gasteiger partial charge is 0.192 e. The summed E-state index contributed by atoms with van der Waals surface area (Å²) in [6.07, 6.45) is -0.994. The molecular formula is C20H20ClN3O4S. The summed E-state index contributed by atoms with van der Waals surface area (Å²) in [5.74, 6) is 3.17. The number of thioether (sulfide) groups is 1. The molecule has 9 heteroatoms. The minimum atomic E-state index is -0.656. The van der Waals surface area contributed by atoms with Crippen molar-refractivity contribution in [2.45, 2.75) is 17.4 Å². The van der Waals surface area contributed by atoms with Gasteiger partial charge in [0.1, 0.15) is 19.0 Å². The van der Waals surface area contributed by atoms with Crippen molar-refractivity contribution in [3.8, 4) is 17.2 Å². The van der Waals surface area contributed by atoms with E-state index in [2.05, 4.69) is 10.2 Å². The number of aliphatic hydroxyl groups excluding tert-OH is 1. The fourth-order valence-electron chi connectivity index (χ4n) is 2.82. The fraction of sp³-hybridized carbons (Fsp3) is 0.300. The Bertz CT molecular complexity index is 967. The zero-order chi connectivity index (χ0) is 20.2. The molecule has 0 unspecified atom stereocenters.